The summed E-state index contributed by atoms with van der Waals surface area (Å²) in [6.07, 6.45) is 1.37. The van der Waals surface area contributed by atoms with Crippen LogP contribution in [0.1, 0.15) is 13.0 Å². The molecular formula is C23H20FN3O4S. The lowest BCUT2D eigenvalue weighted by Gasteiger charge is -2.16. The molecule has 4 rings (SSSR count). The van der Waals surface area contributed by atoms with Crippen molar-refractivity contribution in [3.8, 4) is 22.6 Å². The second kappa shape index (κ2) is 8.80. The first kappa shape index (κ1) is 21.5. The molecule has 1 unspecified atom stereocenters. The first-order valence-electron chi connectivity index (χ1n) is 9.70. The molecule has 0 fully saturated rings. The number of ether oxygens (including phenoxy) is 2. The topological polar surface area (TPSA) is 82.5 Å². The Bertz CT molecular complexity index is 1350. The number of nitrogens with one attached hydrogen (secondary N) is 1. The number of hydrogen-bond donors (Lipinski definition) is 1. The molecule has 164 valence electrons. The van der Waals surface area contributed by atoms with E-state index in [0.717, 1.165) is 0 Å². The Hall–Kier alpha value is -3.72. The fourth-order valence-corrected chi connectivity index (χ4v) is 4.26. The van der Waals surface area contributed by atoms with Crippen LogP contribution in [0.2, 0.25) is 0 Å². The van der Waals surface area contributed by atoms with Crippen molar-refractivity contribution in [2.24, 2.45) is 0 Å². The van der Waals surface area contributed by atoms with Crippen LogP contribution in [-0.4, -0.2) is 29.7 Å². The Morgan fingerprint density at radius 2 is 1.84 bits per heavy atom. The zero-order chi connectivity index (χ0) is 22.8. The third-order valence-electron chi connectivity index (χ3n) is 5.12. The van der Waals surface area contributed by atoms with Gasteiger partial charge in [-0.3, -0.25) is 14.2 Å². The molecule has 2 aromatic carbocycles. The minimum Gasteiger partial charge on any atom is -0.493 e. The van der Waals surface area contributed by atoms with Gasteiger partial charge in [0, 0.05) is 22.7 Å². The highest BCUT2D eigenvalue weighted by molar-refractivity contribution is 7.17. The van der Waals surface area contributed by atoms with Crippen molar-refractivity contribution in [1.82, 2.24) is 9.55 Å². The predicted octanol–water partition coefficient (Wildman–Crippen LogP) is 4.48. The summed E-state index contributed by atoms with van der Waals surface area (Å²) < 4.78 is 25.1. The van der Waals surface area contributed by atoms with Crippen LogP contribution in [-0.2, 0) is 4.79 Å². The van der Waals surface area contributed by atoms with Crippen molar-refractivity contribution in [2.75, 3.05) is 19.5 Å². The highest BCUT2D eigenvalue weighted by atomic mass is 32.1. The van der Waals surface area contributed by atoms with E-state index in [1.807, 2.05) is 5.38 Å². The number of fused-ring (bicyclic) bond motifs is 1. The molecule has 0 spiro atoms. The fraction of sp³-hybridized carbons (Fsp3) is 0.174. The summed E-state index contributed by atoms with van der Waals surface area (Å²) in [5, 5.41) is 5.00. The van der Waals surface area contributed by atoms with E-state index in [9.17, 15) is 14.0 Å². The van der Waals surface area contributed by atoms with Crippen LogP contribution in [0.3, 0.4) is 0 Å². The Kier molecular flexibility index (Phi) is 5.91. The lowest BCUT2D eigenvalue weighted by Crippen LogP contribution is -2.31. The number of aromatic nitrogens is 2. The van der Waals surface area contributed by atoms with Gasteiger partial charge in [0.15, 0.2) is 11.5 Å². The minimum absolute atomic E-state index is 0.342. The van der Waals surface area contributed by atoms with Gasteiger partial charge in [-0.2, -0.15) is 0 Å². The van der Waals surface area contributed by atoms with Crippen LogP contribution in [0.4, 0.5) is 10.1 Å². The number of carbonyl (C=O) groups excluding carboxylic acids is 1. The molecule has 0 saturated carbocycles. The van der Waals surface area contributed by atoms with Crippen LogP contribution < -0.4 is 20.3 Å². The van der Waals surface area contributed by atoms with Crippen molar-refractivity contribution < 1.29 is 18.7 Å². The maximum absolute atomic E-state index is 13.3. The molecule has 2 aromatic heterocycles. The molecule has 1 N–H and O–H groups in total. The first-order valence-corrected chi connectivity index (χ1v) is 10.6. The average molecular weight is 453 g/mol. The second-order valence-corrected chi connectivity index (χ2v) is 7.89. The first-order chi connectivity index (χ1) is 15.4. The molecule has 2 heterocycles. The summed E-state index contributed by atoms with van der Waals surface area (Å²) in [4.78, 5) is 31.1. The molecule has 0 aliphatic carbocycles. The van der Waals surface area contributed by atoms with Gasteiger partial charge in [0.1, 0.15) is 16.7 Å². The third kappa shape index (κ3) is 3.94. The summed E-state index contributed by atoms with van der Waals surface area (Å²) >= 11 is 1.32. The standard InChI is InChI=1S/C23H20FN3O4S/c1-13(21(28)26-16-8-9-18(30-2)19(10-16)31-3)27-12-25-22-20(23(27)29)17(11-32-22)14-4-6-15(24)7-5-14/h4-13H,1-3H3,(H,26,28). The largest absolute Gasteiger partial charge is 0.493 e. The molecular weight excluding hydrogens is 433 g/mol. The van der Waals surface area contributed by atoms with E-state index >= 15 is 0 Å². The quantitative estimate of drug-likeness (QED) is 0.465. The van der Waals surface area contributed by atoms with Crippen LogP contribution in [0.15, 0.2) is 59.0 Å². The molecule has 7 nitrogen and oxygen atoms in total. The Labute approximate surface area is 187 Å². The van der Waals surface area contributed by atoms with Gasteiger partial charge >= 0.3 is 0 Å². The van der Waals surface area contributed by atoms with Gasteiger partial charge in [0.25, 0.3) is 5.56 Å². The van der Waals surface area contributed by atoms with E-state index in [1.165, 1.54) is 48.6 Å². The summed E-state index contributed by atoms with van der Waals surface area (Å²) in [5.74, 6) is 0.263. The molecule has 0 bridgehead atoms. The second-order valence-electron chi connectivity index (χ2n) is 7.03. The minimum atomic E-state index is -0.825. The molecule has 1 amide bonds. The van der Waals surface area contributed by atoms with Gasteiger partial charge in [0.05, 0.1) is 25.9 Å². The molecule has 0 radical (unpaired) electrons. The molecule has 0 aliphatic heterocycles. The third-order valence-corrected chi connectivity index (χ3v) is 6.01. The maximum Gasteiger partial charge on any atom is 0.263 e. The number of carbonyl (C=O) groups is 1. The summed E-state index contributed by atoms with van der Waals surface area (Å²) in [7, 11) is 3.03. The normalized spacial score (nSPS) is 11.9. The van der Waals surface area contributed by atoms with Gasteiger partial charge in [0.2, 0.25) is 5.91 Å². The zero-order valence-corrected chi connectivity index (χ0v) is 18.4. The Balaban J connectivity index is 1.66. The van der Waals surface area contributed by atoms with Crippen molar-refractivity contribution in [2.45, 2.75) is 13.0 Å². The molecule has 4 aromatic rings. The van der Waals surface area contributed by atoms with Crippen LogP contribution in [0.25, 0.3) is 21.3 Å². The highest BCUT2D eigenvalue weighted by Crippen LogP contribution is 2.32. The Morgan fingerprint density at radius 3 is 2.53 bits per heavy atom. The van der Waals surface area contributed by atoms with E-state index in [1.54, 1.807) is 37.3 Å². The van der Waals surface area contributed by atoms with E-state index in [2.05, 4.69) is 10.3 Å². The number of rotatable bonds is 6. The van der Waals surface area contributed by atoms with E-state index in [4.69, 9.17) is 9.47 Å². The van der Waals surface area contributed by atoms with Gasteiger partial charge in [-0.25, -0.2) is 9.37 Å². The maximum atomic E-state index is 13.3. The van der Waals surface area contributed by atoms with E-state index in [0.29, 0.717) is 38.5 Å². The molecule has 32 heavy (non-hydrogen) atoms. The lowest BCUT2D eigenvalue weighted by molar-refractivity contribution is -0.118. The number of anilines is 1. The average Bonchev–Trinajstić information content (AvgIpc) is 3.24. The lowest BCUT2D eigenvalue weighted by atomic mass is 10.1. The van der Waals surface area contributed by atoms with Gasteiger partial charge in [-0.1, -0.05) is 12.1 Å². The van der Waals surface area contributed by atoms with Crippen molar-refractivity contribution >= 4 is 33.1 Å². The van der Waals surface area contributed by atoms with Crippen molar-refractivity contribution in [3.05, 3.63) is 70.3 Å². The molecule has 0 aliphatic rings. The zero-order valence-electron chi connectivity index (χ0n) is 17.6. The van der Waals surface area contributed by atoms with Gasteiger partial charge < -0.3 is 14.8 Å². The Morgan fingerprint density at radius 1 is 1.12 bits per heavy atom. The number of amides is 1. The van der Waals surface area contributed by atoms with Gasteiger partial charge in [-0.15, -0.1) is 11.3 Å². The van der Waals surface area contributed by atoms with Crippen molar-refractivity contribution in [3.63, 3.8) is 0 Å². The molecule has 0 saturated heterocycles. The summed E-state index contributed by atoms with van der Waals surface area (Å²) in [5.41, 5.74) is 1.52. The number of thiophene rings is 1. The monoisotopic (exact) mass is 453 g/mol. The van der Waals surface area contributed by atoms with Crippen LogP contribution >= 0.6 is 11.3 Å². The predicted molar refractivity (Wildman–Crippen MR) is 122 cm³/mol. The molecule has 1 atom stereocenters. The highest BCUT2D eigenvalue weighted by Gasteiger charge is 2.21. The summed E-state index contributed by atoms with van der Waals surface area (Å²) in [6.45, 7) is 1.62. The molecule has 9 heteroatoms. The summed E-state index contributed by atoms with van der Waals surface area (Å²) in [6, 6.07) is 10.1. The van der Waals surface area contributed by atoms with Crippen molar-refractivity contribution in [1.29, 1.82) is 0 Å². The van der Waals surface area contributed by atoms with Crippen LogP contribution in [0.5, 0.6) is 11.5 Å². The number of benzene rings is 2. The number of methoxy groups -OCH3 is 2. The SMILES string of the molecule is COc1ccc(NC(=O)C(C)n2cnc3scc(-c4ccc(F)cc4)c3c2=O)cc1OC. The number of hydrogen-bond acceptors (Lipinski definition) is 6. The number of halogens is 1. The van der Waals surface area contributed by atoms with Crippen LogP contribution in [0, 0.1) is 5.82 Å². The number of nitrogens with zero attached hydrogens (tertiary/aromatic N) is 2. The smallest absolute Gasteiger partial charge is 0.263 e. The van der Waals surface area contributed by atoms with E-state index < -0.39 is 6.04 Å². The van der Waals surface area contributed by atoms with Gasteiger partial charge in [-0.05, 0) is 36.8 Å². The van der Waals surface area contributed by atoms with E-state index in [-0.39, 0.29) is 17.3 Å². The fourth-order valence-electron chi connectivity index (χ4n) is 3.35.